The zero-order chi connectivity index (χ0) is 28.4. The topological polar surface area (TPSA) is 99.1 Å². The average molecular weight is 553 g/mol. The summed E-state index contributed by atoms with van der Waals surface area (Å²) in [4.78, 5) is 38.9. The Kier molecular flexibility index (Phi) is 7.37. The van der Waals surface area contributed by atoms with Crippen LogP contribution in [0.5, 0.6) is 0 Å². The molecule has 0 aromatic rings. The summed E-state index contributed by atoms with van der Waals surface area (Å²) in [6.07, 6.45) is 0.116. The molecule has 9 heteroatoms. The lowest BCUT2D eigenvalue weighted by molar-refractivity contribution is -0.249. The van der Waals surface area contributed by atoms with E-state index in [0.29, 0.717) is 12.8 Å². The first-order valence-electron chi connectivity index (χ1n) is 14.7. The molecule has 10 atom stereocenters. The SMILES string of the molecule is CCCCC(=O)O[C@H]1C[C@@]2(C)[C@@H](C[C@H]3O[C@@H](CCC)O[C@]32C(=O)CO)[C@@H]2C[C@H](F)C3=CC(=O)CC[C@]3(C)[C@@]12F. The number of hydrogen-bond acceptors (Lipinski definition) is 7. The van der Waals surface area contributed by atoms with Crippen LogP contribution in [-0.4, -0.2) is 65.2 Å². The molecule has 218 valence electrons. The molecule has 3 saturated carbocycles. The fraction of sp³-hybridized carbons (Fsp3) is 0.833. The molecule has 0 aromatic heterocycles. The molecular weight excluding hydrogens is 510 g/mol. The Hall–Kier alpha value is -1.71. The Morgan fingerprint density at radius 2 is 1.92 bits per heavy atom. The van der Waals surface area contributed by atoms with Gasteiger partial charge in [-0.15, -0.1) is 0 Å². The number of alkyl halides is 2. The van der Waals surface area contributed by atoms with Crippen LogP contribution in [-0.2, 0) is 28.6 Å². The average Bonchev–Trinajstić information content (AvgIpc) is 3.37. The van der Waals surface area contributed by atoms with Gasteiger partial charge in [-0.1, -0.05) is 40.5 Å². The third kappa shape index (κ3) is 3.85. The molecule has 39 heavy (non-hydrogen) atoms. The number of aliphatic hydroxyl groups excluding tert-OH is 1. The molecule has 5 rings (SSSR count). The van der Waals surface area contributed by atoms with Gasteiger partial charge in [-0.3, -0.25) is 14.4 Å². The zero-order valence-electron chi connectivity index (χ0n) is 23.5. The maximum atomic E-state index is 18.2. The predicted molar refractivity (Wildman–Crippen MR) is 137 cm³/mol. The summed E-state index contributed by atoms with van der Waals surface area (Å²) in [5.41, 5.74) is -5.98. The third-order valence-corrected chi connectivity index (χ3v) is 10.9. The van der Waals surface area contributed by atoms with E-state index in [0.717, 1.165) is 12.8 Å². The van der Waals surface area contributed by atoms with Crippen molar-refractivity contribution in [3.05, 3.63) is 11.6 Å². The largest absolute Gasteiger partial charge is 0.459 e. The standard InChI is InChI=1S/C30H42F2O7/c1-5-7-9-25(36)37-24-15-28(4)18(14-23-30(28,22(35)16-33)39-26(38-23)8-6-2)19-13-21(31)20-12-17(34)10-11-27(20,3)29(19,24)32/h12,18-19,21,23-24,26,33H,5-11,13-16H2,1-4H3/t18-,19-,21-,23+,24-,26+,27-,28-,29-,30+/m0/s1. The van der Waals surface area contributed by atoms with Crippen molar-refractivity contribution in [1.82, 2.24) is 0 Å². The van der Waals surface area contributed by atoms with Gasteiger partial charge in [-0.25, -0.2) is 8.78 Å². The van der Waals surface area contributed by atoms with Crippen molar-refractivity contribution in [1.29, 1.82) is 0 Å². The first-order chi connectivity index (χ1) is 18.4. The molecule has 0 radical (unpaired) electrons. The summed E-state index contributed by atoms with van der Waals surface area (Å²) < 4.78 is 52.7. The lowest BCUT2D eigenvalue weighted by Crippen LogP contribution is -2.72. The smallest absolute Gasteiger partial charge is 0.306 e. The summed E-state index contributed by atoms with van der Waals surface area (Å²) >= 11 is 0. The molecule has 1 aliphatic heterocycles. The molecular formula is C30H42F2O7. The fourth-order valence-corrected chi connectivity index (χ4v) is 8.99. The molecule has 0 amide bonds. The third-order valence-electron chi connectivity index (χ3n) is 10.9. The second-order valence-electron chi connectivity index (χ2n) is 12.8. The van der Waals surface area contributed by atoms with Crippen molar-refractivity contribution in [2.75, 3.05) is 6.61 Å². The number of ketones is 2. The van der Waals surface area contributed by atoms with Gasteiger partial charge < -0.3 is 19.3 Å². The minimum Gasteiger partial charge on any atom is -0.459 e. The second kappa shape index (κ2) is 9.98. The number of halogens is 2. The van der Waals surface area contributed by atoms with E-state index in [4.69, 9.17) is 14.2 Å². The molecule has 0 aromatic carbocycles. The van der Waals surface area contributed by atoms with Crippen LogP contribution in [0.15, 0.2) is 11.6 Å². The Morgan fingerprint density at radius 1 is 1.18 bits per heavy atom. The van der Waals surface area contributed by atoms with Crippen LogP contribution in [0.2, 0.25) is 0 Å². The van der Waals surface area contributed by atoms with Crippen molar-refractivity contribution in [2.24, 2.45) is 22.7 Å². The van der Waals surface area contributed by atoms with Gasteiger partial charge in [-0.05, 0) is 56.1 Å². The fourth-order valence-electron chi connectivity index (χ4n) is 8.99. The van der Waals surface area contributed by atoms with Gasteiger partial charge in [0.25, 0.3) is 0 Å². The van der Waals surface area contributed by atoms with E-state index in [-0.39, 0.29) is 49.9 Å². The van der Waals surface area contributed by atoms with E-state index in [1.807, 2.05) is 20.8 Å². The van der Waals surface area contributed by atoms with E-state index < -0.39 is 77.0 Å². The van der Waals surface area contributed by atoms with Gasteiger partial charge in [0.1, 0.15) is 18.9 Å². The van der Waals surface area contributed by atoms with Crippen molar-refractivity contribution in [3.8, 4) is 0 Å². The molecule has 1 heterocycles. The van der Waals surface area contributed by atoms with Crippen molar-refractivity contribution in [3.63, 3.8) is 0 Å². The molecule has 1 saturated heterocycles. The second-order valence-corrected chi connectivity index (χ2v) is 12.8. The maximum absolute atomic E-state index is 18.2. The number of rotatable bonds is 8. The summed E-state index contributed by atoms with van der Waals surface area (Å²) in [6, 6.07) is 0. The van der Waals surface area contributed by atoms with E-state index in [9.17, 15) is 19.5 Å². The lowest BCUT2D eigenvalue weighted by atomic mass is 9.43. The number of ether oxygens (including phenoxy) is 3. The Bertz CT molecular complexity index is 1060. The molecule has 4 fully saturated rings. The van der Waals surface area contributed by atoms with Crippen LogP contribution in [0, 0.1) is 22.7 Å². The van der Waals surface area contributed by atoms with Crippen LogP contribution in [0.1, 0.15) is 91.9 Å². The van der Waals surface area contributed by atoms with Crippen molar-refractivity contribution in [2.45, 2.75) is 128 Å². The zero-order valence-corrected chi connectivity index (χ0v) is 23.5. The lowest BCUT2D eigenvalue weighted by Gasteiger charge is -2.64. The van der Waals surface area contributed by atoms with Crippen LogP contribution >= 0.6 is 0 Å². The minimum atomic E-state index is -2.15. The predicted octanol–water partition coefficient (Wildman–Crippen LogP) is 4.72. The van der Waals surface area contributed by atoms with Crippen LogP contribution < -0.4 is 0 Å². The highest BCUT2D eigenvalue weighted by Crippen LogP contribution is 2.73. The van der Waals surface area contributed by atoms with E-state index >= 15 is 8.78 Å². The molecule has 7 nitrogen and oxygen atoms in total. The number of fused-ring (bicyclic) bond motifs is 7. The summed E-state index contributed by atoms with van der Waals surface area (Å²) in [5.74, 6) is -2.73. The van der Waals surface area contributed by atoms with Crippen molar-refractivity contribution >= 4 is 17.5 Å². The van der Waals surface area contributed by atoms with Crippen LogP contribution in [0.25, 0.3) is 0 Å². The number of aliphatic hydroxyl groups is 1. The van der Waals surface area contributed by atoms with Gasteiger partial charge in [0, 0.05) is 29.6 Å². The number of Topliss-reactive ketones (excluding diaryl/α,β-unsaturated/α-hetero) is 1. The van der Waals surface area contributed by atoms with Gasteiger partial charge in [-0.2, -0.15) is 0 Å². The molecule has 0 bridgehead atoms. The number of carbonyl (C=O) groups excluding carboxylic acids is 3. The maximum Gasteiger partial charge on any atom is 0.306 e. The van der Waals surface area contributed by atoms with E-state index in [2.05, 4.69) is 0 Å². The number of carbonyl (C=O) groups is 3. The Balaban J connectivity index is 1.64. The highest BCUT2D eigenvalue weighted by molar-refractivity contribution is 5.92. The Morgan fingerprint density at radius 3 is 2.59 bits per heavy atom. The summed E-state index contributed by atoms with van der Waals surface area (Å²) in [6.45, 7) is 6.64. The monoisotopic (exact) mass is 552 g/mol. The van der Waals surface area contributed by atoms with E-state index in [1.54, 1.807) is 6.92 Å². The van der Waals surface area contributed by atoms with Crippen LogP contribution in [0.4, 0.5) is 8.78 Å². The van der Waals surface area contributed by atoms with Crippen molar-refractivity contribution < 1.29 is 42.5 Å². The van der Waals surface area contributed by atoms with Gasteiger partial charge >= 0.3 is 5.97 Å². The van der Waals surface area contributed by atoms with Gasteiger partial charge in [0.15, 0.2) is 29.1 Å². The molecule has 0 unspecified atom stereocenters. The quantitative estimate of drug-likeness (QED) is 0.435. The molecule has 4 aliphatic carbocycles. The number of esters is 1. The summed E-state index contributed by atoms with van der Waals surface area (Å²) in [7, 11) is 0. The van der Waals surface area contributed by atoms with Gasteiger partial charge in [0.05, 0.1) is 6.10 Å². The summed E-state index contributed by atoms with van der Waals surface area (Å²) in [5, 5.41) is 10.1. The minimum absolute atomic E-state index is 0.0270. The normalized spacial score (nSPS) is 46.5. The number of unbranched alkanes of at least 4 members (excludes halogenated alkanes) is 1. The number of hydrogen-bond donors (Lipinski definition) is 1. The highest BCUT2D eigenvalue weighted by atomic mass is 19.1. The molecule has 1 N–H and O–H groups in total. The van der Waals surface area contributed by atoms with Crippen LogP contribution in [0.3, 0.4) is 0 Å². The molecule has 5 aliphatic rings. The number of allylic oxidation sites excluding steroid dienone is 1. The first kappa shape index (κ1) is 28.8. The first-order valence-corrected chi connectivity index (χ1v) is 14.7. The highest BCUT2D eigenvalue weighted by Gasteiger charge is 2.80. The Labute approximate surface area is 229 Å². The molecule has 0 spiro atoms. The van der Waals surface area contributed by atoms with Gasteiger partial charge in [0.2, 0.25) is 0 Å². The van der Waals surface area contributed by atoms with E-state index in [1.165, 1.54) is 6.08 Å².